The van der Waals surface area contributed by atoms with E-state index in [0.717, 1.165) is 83.5 Å². The molecule has 0 amide bonds. The van der Waals surface area contributed by atoms with E-state index in [1.54, 1.807) is 0 Å². The minimum absolute atomic E-state index is 0.136. The van der Waals surface area contributed by atoms with Gasteiger partial charge in [-0.1, -0.05) is 231 Å². The summed E-state index contributed by atoms with van der Waals surface area (Å²) in [4.78, 5) is 38.1. The number of unbranched alkanes of at least 4 members (excludes halogenated alkanes) is 17. The van der Waals surface area contributed by atoms with E-state index < -0.39 is 6.10 Å². The van der Waals surface area contributed by atoms with Gasteiger partial charge in [-0.2, -0.15) is 0 Å². The van der Waals surface area contributed by atoms with Crippen molar-refractivity contribution in [3.8, 4) is 0 Å². The van der Waals surface area contributed by atoms with Gasteiger partial charge in [0.25, 0.3) is 0 Å². The van der Waals surface area contributed by atoms with E-state index in [1.165, 1.54) is 103 Å². The Morgan fingerprint density at radius 2 is 0.592 bits per heavy atom. The van der Waals surface area contributed by atoms with E-state index in [2.05, 4.69) is 148 Å². The molecule has 0 heterocycles. The van der Waals surface area contributed by atoms with Gasteiger partial charge in [-0.25, -0.2) is 0 Å². The molecule has 0 aliphatic carbocycles. The van der Waals surface area contributed by atoms with Crippen LogP contribution in [0.1, 0.15) is 239 Å². The second kappa shape index (κ2) is 58.1. The summed E-state index contributed by atoms with van der Waals surface area (Å²) in [7, 11) is 0. The van der Waals surface area contributed by atoms with Crippen LogP contribution in [0.3, 0.4) is 0 Å². The maximum atomic E-state index is 12.9. The fraction of sp³-hybridized carbons (Fsp3) is 0.615. The Kier molecular flexibility index (Phi) is 54.5. The van der Waals surface area contributed by atoms with Gasteiger partial charge >= 0.3 is 17.9 Å². The Morgan fingerprint density at radius 1 is 0.296 bits per heavy atom. The monoisotopic (exact) mass is 981 g/mol. The van der Waals surface area contributed by atoms with Gasteiger partial charge < -0.3 is 14.2 Å². The molecule has 1 atom stereocenters. The first-order valence-electron chi connectivity index (χ1n) is 28.7. The third kappa shape index (κ3) is 56.3. The van der Waals surface area contributed by atoms with Crippen LogP contribution in [0.15, 0.2) is 134 Å². The number of carbonyl (C=O) groups excluding carboxylic acids is 3. The summed E-state index contributed by atoms with van der Waals surface area (Å²) in [6, 6.07) is 0. The third-order valence-corrected chi connectivity index (χ3v) is 11.6. The average molecular weight is 982 g/mol. The van der Waals surface area contributed by atoms with Gasteiger partial charge in [0, 0.05) is 19.3 Å². The highest BCUT2D eigenvalue weighted by Crippen LogP contribution is 2.13. The first-order valence-corrected chi connectivity index (χ1v) is 28.7. The summed E-state index contributed by atoms with van der Waals surface area (Å²) in [6.45, 7) is 6.37. The Labute approximate surface area is 436 Å². The average Bonchev–Trinajstić information content (AvgIpc) is 3.37. The Balaban J connectivity index is 4.61. The van der Waals surface area contributed by atoms with E-state index >= 15 is 0 Å². The molecule has 0 radical (unpaired) electrons. The SMILES string of the molecule is CC/C=C\C/C=C\C/C=C\C/C=C\C/C=C\CCCC(=O)OC[C@H](COC(=O)CC/C=C\C/C=C\C/C=C\C/C=C\C/C=C\CCCCC)OC(=O)CCCCCCCCC/C=C\CCCCCCCC. The van der Waals surface area contributed by atoms with Crippen LogP contribution in [-0.4, -0.2) is 37.2 Å². The van der Waals surface area contributed by atoms with Crippen molar-refractivity contribution >= 4 is 17.9 Å². The second-order valence-electron chi connectivity index (χ2n) is 18.5. The molecule has 400 valence electrons. The minimum Gasteiger partial charge on any atom is -0.462 e. The maximum Gasteiger partial charge on any atom is 0.306 e. The molecule has 0 aliphatic heterocycles. The second-order valence-corrected chi connectivity index (χ2v) is 18.5. The highest BCUT2D eigenvalue weighted by atomic mass is 16.6. The van der Waals surface area contributed by atoms with Crippen LogP contribution >= 0.6 is 0 Å². The van der Waals surface area contributed by atoms with Gasteiger partial charge in [-0.3, -0.25) is 14.4 Å². The summed E-state index contributed by atoms with van der Waals surface area (Å²) in [6.07, 6.45) is 81.7. The zero-order chi connectivity index (χ0) is 51.4. The van der Waals surface area contributed by atoms with Crippen LogP contribution in [-0.2, 0) is 28.6 Å². The number of hydrogen-bond donors (Lipinski definition) is 0. The molecule has 0 saturated carbocycles. The normalized spacial score (nSPS) is 13.1. The van der Waals surface area contributed by atoms with Gasteiger partial charge in [-0.05, 0) is 122 Å². The van der Waals surface area contributed by atoms with E-state index in [-0.39, 0.29) is 44.0 Å². The molecule has 0 bridgehead atoms. The van der Waals surface area contributed by atoms with Crippen LogP contribution in [0, 0.1) is 0 Å². The van der Waals surface area contributed by atoms with Gasteiger partial charge in [0.1, 0.15) is 13.2 Å². The molecule has 0 aliphatic rings. The van der Waals surface area contributed by atoms with Crippen LogP contribution < -0.4 is 0 Å². The van der Waals surface area contributed by atoms with Gasteiger partial charge in [0.05, 0.1) is 0 Å². The molecule has 0 saturated heterocycles. The summed E-state index contributed by atoms with van der Waals surface area (Å²) in [5, 5.41) is 0. The topological polar surface area (TPSA) is 78.9 Å². The predicted octanol–water partition coefficient (Wildman–Crippen LogP) is 19.4. The molecular weight excluding hydrogens is 877 g/mol. The number of rotatable bonds is 50. The van der Waals surface area contributed by atoms with E-state index in [4.69, 9.17) is 14.2 Å². The quantitative estimate of drug-likeness (QED) is 0.0262. The fourth-order valence-corrected chi connectivity index (χ4v) is 7.34. The van der Waals surface area contributed by atoms with Crippen LogP contribution in [0.2, 0.25) is 0 Å². The Morgan fingerprint density at radius 3 is 1.03 bits per heavy atom. The minimum atomic E-state index is -0.839. The summed E-state index contributed by atoms with van der Waals surface area (Å²) in [5.41, 5.74) is 0. The van der Waals surface area contributed by atoms with Crippen molar-refractivity contribution < 1.29 is 28.6 Å². The fourth-order valence-electron chi connectivity index (χ4n) is 7.34. The molecule has 0 N–H and O–H groups in total. The number of ether oxygens (including phenoxy) is 3. The largest absolute Gasteiger partial charge is 0.462 e. The first-order chi connectivity index (χ1) is 35.0. The molecule has 0 aromatic heterocycles. The zero-order valence-electron chi connectivity index (χ0n) is 45.7. The van der Waals surface area contributed by atoms with E-state index in [0.29, 0.717) is 19.3 Å². The molecule has 0 aromatic rings. The molecular formula is C65H104O6. The summed E-state index contributed by atoms with van der Waals surface area (Å²) < 4.78 is 16.7. The van der Waals surface area contributed by atoms with Crippen molar-refractivity contribution in [3.05, 3.63) is 134 Å². The van der Waals surface area contributed by atoms with E-state index in [1.807, 2.05) is 6.08 Å². The predicted molar refractivity (Wildman–Crippen MR) is 306 cm³/mol. The van der Waals surface area contributed by atoms with Crippen molar-refractivity contribution in [1.82, 2.24) is 0 Å². The molecule has 6 heteroatoms. The molecule has 0 aromatic carbocycles. The van der Waals surface area contributed by atoms with Crippen LogP contribution in [0.25, 0.3) is 0 Å². The van der Waals surface area contributed by atoms with Crippen LogP contribution in [0.4, 0.5) is 0 Å². The summed E-state index contributed by atoms with van der Waals surface area (Å²) in [5.74, 6) is -1.08. The van der Waals surface area contributed by atoms with Crippen molar-refractivity contribution in [3.63, 3.8) is 0 Å². The molecule has 0 unspecified atom stereocenters. The van der Waals surface area contributed by atoms with Gasteiger partial charge in [0.15, 0.2) is 6.10 Å². The smallest absolute Gasteiger partial charge is 0.306 e. The van der Waals surface area contributed by atoms with Gasteiger partial charge in [-0.15, -0.1) is 0 Å². The molecule has 0 rings (SSSR count). The number of hydrogen-bond acceptors (Lipinski definition) is 6. The van der Waals surface area contributed by atoms with Gasteiger partial charge in [0.2, 0.25) is 0 Å². The number of allylic oxidation sites excluding steroid dienone is 22. The highest BCUT2D eigenvalue weighted by molar-refractivity contribution is 5.71. The molecule has 0 fully saturated rings. The third-order valence-electron chi connectivity index (χ3n) is 11.6. The lowest BCUT2D eigenvalue weighted by molar-refractivity contribution is -0.166. The lowest BCUT2D eigenvalue weighted by atomic mass is 10.1. The number of carbonyl (C=O) groups is 3. The van der Waals surface area contributed by atoms with Crippen molar-refractivity contribution in [1.29, 1.82) is 0 Å². The summed E-state index contributed by atoms with van der Waals surface area (Å²) >= 11 is 0. The lowest BCUT2D eigenvalue weighted by Crippen LogP contribution is -2.30. The van der Waals surface area contributed by atoms with Crippen molar-refractivity contribution in [2.45, 2.75) is 245 Å². The van der Waals surface area contributed by atoms with Crippen LogP contribution in [0.5, 0.6) is 0 Å². The molecule has 71 heavy (non-hydrogen) atoms. The number of esters is 3. The lowest BCUT2D eigenvalue weighted by Gasteiger charge is -2.18. The first kappa shape index (κ1) is 66.6. The highest BCUT2D eigenvalue weighted by Gasteiger charge is 2.19. The Bertz CT molecular complexity index is 1550. The maximum absolute atomic E-state index is 12.9. The Hall–Kier alpha value is -4.45. The molecule has 0 spiro atoms. The molecule has 6 nitrogen and oxygen atoms in total. The zero-order valence-corrected chi connectivity index (χ0v) is 45.7. The standard InChI is InChI=1S/C65H104O6/c1-4-7-10-13-16-19-22-25-28-31-32-35-37-40-43-46-49-52-55-58-64(67)70-61-62(71-65(68)59-56-53-50-47-44-41-38-34-30-27-24-21-18-15-12-9-6-3)60-69-63(66)57-54-51-48-45-42-39-36-33-29-26-23-20-17-14-11-8-5-2/h8,11,16-17,19-20,25-30,32,35-36,39-40,43,45,48-49,52,62H,4-7,9-10,12-15,18,21-24,31,33-34,37-38,41-42,44,46-47,50-51,53-61H2,1-3H3/b11-8-,19-16-,20-17-,28-25-,29-26-,30-27-,35-32-,39-36-,43-40-,48-45-,52-49-/t62-/m1/s1. The van der Waals surface area contributed by atoms with Crippen molar-refractivity contribution in [2.75, 3.05) is 13.2 Å². The van der Waals surface area contributed by atoms with E-state index in [9.17, 15) is 14.4 Å². The van der Waals surface area contributed by atoms with Crippen molar-refractivity contribution in [2.24, 2.45) is 0 Å².